The molecule has 0 atom stereocenters. The fourth-order valence-electron chi connectivity index (χ4n) is 1.35. The van der Waals surface area contributed by atoms with E-state index in [4.69, 9.17) is 0 Å². The number of hydrogen-bond donors (Lipinski definition) is 2. The fraction of sp³-hybridized carbons (Fsp3) is 0.500. The van der Waals surface area contributed by atoms with Crippen molar-refractivity contribution in [2.45, 2.75) is 11.8 Å². The lowest BCUT2D eigenvalue weighted by Gasteiger charge is -2.10. The molecular formula is C10H17N3O4S2. The van der Waals surface area contributed by atoms with E-state index in [0.717, 1.165) is 0 Å². The third kappa shape index (κ3) is 4.44. The summed E-state index contributed by atoms with van der Waals surface area (Å²) < 4.78 is 48.8. The average Bonchev–Trinajstić information content (AvgIpc) is 2.38. The van der Waals surface area contributed by atoms with Crippen LogP contribution in [0, 0.1) is 0 Å². The van der Waals surface area contributed by atoms with Crippen LogP contribution in [0.3, 0.4) is 0 Å². The molecule has 0 saturated heterocycles. The van der Waals surface area contributed by atoms with Crippen molar-refractivity contribution in [1.82, 2.24) is 9.71 Å². The second kappa shape index (κ2) is 6.31. The summed E-state index contributed by atoms with van der Waals surface area (Å²) in [4.78, 5) is 3.75. The Bertz CT molecular complexity index is 626. The third-order valence-corrected chi connectivity index (χ3v) is 5.68. The van der Waals surface area contributed by atoms with Gasteiger partial charge in [0, 0.05) is 31.7 Å². The van der Waals surface area contributed by atoms with E-state index in [1.807, 2.05) is 0 Å². The van der Waals surface area contributed by atoms with Gasteiger partial charge in [0.15, 0.2) is 9.84 Å². The summed E-state index contributed by atoms with van der Waals surface area (Å²) in [6, 6.07) is 1.53. The average molecular weight is 307 g/mol. The second-order valence-corrected chi connectivity index (χ2v) is 7.96. The molecule has 0 radical (unpaired) electrons. The molecule has 1 heterocycles. The summed E-state index contributed by atoms with van der Waals surface area (Å²) in [5.41, 5.74) is 0.404. The predicted molar refractivity (Wildman–Crippen MR) is 73.3 cm³/mol. The molecular weight excluding hydrogens is 290 g/mol. The van der Waals surface area contributed by atoms with Gasteiger partial charge in [-0.2, -0.15) is 0 Å². The minimum Gasteiger partial charge on any atom is -0.387 e. The van der Waals surface area contributed by atoms with Crippen LogP contribution in [0.1, 0.15) is 6.92 Å². The molecule has 0 saturated carbocycles. The Hall–Kier alpha value is -1.19. The molecule has 1 aromatic rings. The molecule has 0 spiro atoms. The molecule has 0 fully saturated rings. The van der Waals surface area contributed by atoms with Crippen LogP contribution in [0.2, 0.25) is 0 Å². The maximum absolute atomic E-state index is 12.0. The Kier molecular flexibility index (Phi) is 5.27. The van der Waals surface area contributed by atoms with Crippen molar-refractivity contribution in [2.75, 3.05) is 30.4 Å². The fourth-order valence-corrected chi connectivity index (χ4v) is 3.37. The molecule has 19 heavy (non-hydrogen) atoms. The molecule has 1 aromatic heterocycles. The van der Waals surface area contributed by atoms with E-state index < -0.39 is 19.9 Å². The van der Waals surface area contributed by atoms with Crippen molar-refractivity contribution in [3.8, 4) is 0 Å². The van der Waals surface area contributed by atoms with Crippen LogP contribution in [0.5, 0.6) is 0 Å². The first-order valence-electron chi connectivity index (χ1n) is 5.64. The Morgan fingerprint density at radius 2 is 1.95 bits per heavy atom. The molecule has 0 unspecified atom stereocenters. The highest BCUT2D eigenvalue weighted by molar-refractivity contribution is 7.91. The predicted octanol–water partition coefficient (Wildman–Crippen LogP) is -0.164. The van der Waals surface area contributed by atoms with Crippen LogP contribution in [-0.4, -0.2) is 46.9 Å². The first-order valence-corrected chi connectivity index (χ1v) is 8.94. The van der Waals surface area contributed by atoms with Crippen LogP contribution in [0.15, 0.2) is 23.4 Å². The Balaban J connectivity index is 2.82. The lowest BCUT2D eigenvalue weighted by molar-refractivity contribution is 0.581. The highest BCUT2D eigenvalue weighted by atomic mass is 32.2. The second-order valence-electron chi connectivity index (χ2n) is 3.76. The van der Waals surface area contributed by atoms with Gasteiger partial charge in [0.05, 0.1) is 11.4 Å². The summed E-state index contributed by atoms with van der Waals surface area (Å²) in [6.45, 7) is 1.36. The van der Waals surface area contributed by atoms with Gasteiger partial charge in [0.25, 0.3) is 0 Å². The molecule has 0 bridgehead atoms. The third-order valence-electron chi connectivity index (χ3n) is 2.49. The smallest absolute Gasteiger partial charge is 0.244 e. The molecule has 0 amide bonds. The van der Waals surface area contributed by atoms with E-state index in [1.165, 1.54) is 25.4 Å². The van der Waals surface area contributed by atoms with Crippen LogP contribution >= 0.6 is 0 Å². The summed E-state index contributed by atoms with van der Waals surface area (Å²) >= 11 is 0. The number of anilines is 1. The first-order chi connectivity index (χ1) is 8.82. The van der Waals surface area contributed by atoms with Gasteiger partial charge in [0.1, 0.15) is 4.90 Å². The van der Waals surface area contributed by atoms with Crippen LogP contribution in [0.4, 0.5) is 5.69 Å². The molecule has 0 aliphatic rings. The monoisotopic (exact) mass is 307 g/mol. The van der Waals surface area contributed by atoms with Gasteiger partial charge in [-0.05, 0) is 6.07 Å². The van der Waals surface area contributed by atoms with E-state index in [-0.39, 0.29) is 22.9 Å². The number of aromatic nitrogens is 1. The molecule has 7 nitrogen and oxygen atoms in total. The largest absolute Gasteiger partial charge is 0.387 e. The summed E-state index contributed by atoms with van der Waals surface area (Å²) in [6.07, 6.45) is 2.68. The molecule has 0 aliphatic heterocycles. The highest BCUT2D eigenvalue weighted by Gasteiger charge is 2.19. The topological polar surface area (TPSA) is 105 Å². The molecule has 0 aliphatic carbocycles. The molecule has 0 aromatic carbocycles. The maximum atomic E-state index is 12.0. The van der Waals surface area contributed by atoms with Gasteiger partial charge in [-0.1, -0.05) is 6.92 Å². The molecule has 2 N–H and O–H groups in total. The van der Waals surface area contributed by atoms with E-state index in [1.54, 1.807) is 7.05 Å². The minimum atomic E-state index is -3.77. The van der Waals surface area contributed by atoms with Crippen LogP contribution in [0.25, 0.3) is 0 Å². The number of rotatable bonds is 7. The standard InChI is InChI=1S/C10H17N3O4S2/c1-3-18(14,15)7-6-13-19(16,17)10-8-12-5-4-9(10)11-2/h4-5,8,13H,3,6-7H2,1-2H3,(H,11,12). The van der Waals surface area contributed by atoms with Crippen molar-refractivity contribution in [3.63, 3.8) is 0 Å². The maximum Gasteiger partial charge on any atom is 0.244 e. The van der Waals surface area contributed by atoms with E-state index in [0.29, 0.717) is 5.69 Å². The van der Waals surface area contributed by atoms with Gasteiger partial charge in [-0.15, -0.1) is 0 Å². The number of sulfonamides is 1. The van der Waals surface area contributed by atoms with Crippen LogP contribution in [-0.2, 0) is 19.9 Å². The summed E-state index contributed by atoms with van der Waals surface area (Å²) in [7, 11) is -5.38. The minimum absolute atomic E-state index is 0.00797. The number of nitrogens with one attached hydrogen (secondary N) is 2. The first kappa shape index (κ1) is 15.9. The van der Waals surface area contributed by atoms with Gasteiger partial charge in [-0.3, -0.25) is 4.98 Å². The number of nitrogens with zero attached hydrogens (tertiary/aromatic N) is 1. The van der Waals surface area contributed by atoms with E-state index in [2.05, 4.69) is 15.0 Å². The normalized spacial score (nSPS) is 12.3. The zero-order chi connectivity index (χ0) is 14.5. The SMILES string of the molecule is CCS(=O)(=O)CCNS(=O)(=O)c1cnccc1NC. The van der Waals surface area contributed by atoms with E-state index in [9.17, 15) is 16.8 Å². The molecule has 9 heteroatoms. The molecule has 1 rings (SSSR count). The number of sulfone groups is 1. The summed E-state index contributed by atoms with van der Waals surface area (Å²) in [5, 5.41) is 2.74. The van der Waals surface area contributed by atoms with Crippen LogP contribution < -0.4 is 10.0 Å². The van der Waals surface area contributed by atoms with Crippen molar-refractivity contribution < 1.29 is 16.8 Å². The summed E-state index contributed by atoms with van der Waals surface area (Å²) in [5.74, 6) is -0.235. The van der Waals surface area contributed by atoms with Crippen molar-refractivity contribution in [3.05, 3.63) is 18.5 Å². The van der Waals surface area contributed by atoms with E-state index >= 15 is 0 Å². The van der Waals surface area contributed by atoms with Gasteiger partial charge >= 0.3 is 0 Å². The lowest BCUT2D eigenvalue weighted by atomic mass is 10.4. The zero-order valence-corrected chi connectivity index (χ0v) is 12.4. The lowest BCUT2D eigenvalue weighted by Crippen LogP contribution is -2.30. The Morgan fingerprint density at radius 1 is 1.26 bits per heavy atom. The quantitative estimate of drug-likeness (QED) is 0.725. The Morgan fingerprint density at radius 3 is 2.53 bits per heavy atom. The van der Waals surface area contributed by atoms with Gasteiger partial charge in [0.2, 0.25) is 10.0 Å². The highest BCUT2D eigenvalue weighted by Crippen LogP contribution is 2.18. The van der Waals surface area contributed by atoms with Gasteiger partial charge in [-0.25, -0.2) is 21.6 Å². The Labute approximate surface area is 113 Å². The van der Waals surface area contributed by atoms with Crippen molar-refractivity contribution >= 4 is 25.5 Å². The van der Waals surface area contributed by atoms with Crippen molar-refractivity contribution in [1.29, 1.82) is 0 Å². The number of pyridine rings is 1. The number of hydrogen-bond acceptors (Lipinski definition) is 6. The van der Waals surface area contributed by atoms with Crippen molar-refractivity contribution in [2.24, 2.45) is 0 Å². The van der Waals surface area contributed by atoms with Gasteiger partial charge < -0.3 is 5.32 Å². The zero-order valence-electron chi connectivity index (χ0n) is 10.8. The molecule has 108 valence electrons.